The fourth-order valence-corrected chi connectivity index (χ4v) is 4.51. The van der Waals surface area contributed by atoms with Crippen LogP contribution in [0, 0.1) is 0 Å². The lowest BCUT2D eigenvalue weighted by Crippen LogP contribution is -2.46. The molecule has 2 aliphatic rings. The van der Waals surface area contributed by atoms with Crippen LogP contribution < -0.4 is 5.32 Å². The minimum absolute atomic E-state index is 0.219. The Labute approximate surface area is 125 Å². The normalized spacial score (nSPS) is 22.9. The molecule has 1 N–H and O–H groups in total. The van der Waals surface area contributed by atoms with Crippen molar-refractivity contribution in [2.75, 3.05) is 20.1 Å². The Kier molecular flexibility index (Phi) is 4.41. The maximum Gasteiger partial charge on any atom is 0.263 e. The van der Waals surface area contributed by atoms with Crippen molar-refractivity contribution in [2.45, 2.75) is 51.0 Å². The first-order valence-electron chi connectivity index (χ1n) is 7.85. The molecule has 3 nitrogen and oxygen atoms in total. The molecule has 1 aromatic rings. The molecule has 0 spiro atoms. The summed E-state index contributed by atoms with van der Waals surface area (Å²) in [6, 6.07) is 2.53. The van der Waals surface area contributed by atoms with Gasteiger partial charge in [0.1, 0.15) is 0 Å². The predicted octanol–water partition coefficient (Wildman–Crippen LogP) is 2.84. The molecule has 1 saturated heterocycles. The van der Waals surface area contributed by atoms with Gasteiger partial charge in [-0.3, -0.25) is 4.79 Å². The fraction of sp³-hybridized carbons (Fsp3) is 0.688. The minimum atomic E-state index is 0.219. The predicted molar refractivity (Wildman–Crippen MR) is 83.6 cm³/mol. The van der Waals surface area contributed by atoms with Crippen LogP contribution in [0.3, 0.4) is 0 Å². The molecule has 1 aliphatic heterocycles. The molecule has 110 valence electrons. The van der Waals surface area contributed by atoms with E-state index in [-0.39, 0.29) is 5.91 Å². The highest BCUT2D eigenvalue weighted by Gasteiger charge is 2.25. The SMILES string of the molecule is CN(C(=O)c1cc2c(s1)CCCCC2)C1CCCNC1. The summed E-state index contributed by atoms with van der Waals surface area (Å²) in [5.41, 5.74) is 1.44. The Balaban J connectivity index is 1.73. The van der Waals surface area contributed by atoms with Gasteiger partial charge in [-0.2, -0.15) is 0 Å². The number of likely N-dealkylation sites (N-methyl/N-ethyl adjacent to an activating group) is 1. The van der Waals surface area contributed by atoms with Gasteiger partial charge in [0.05, 0.1) is 4.88 Å². The van der Waals surface area contributed by atoms with Gasteiger partial charge >= 0.3 is 0 Å². The Morgan fingerprint density at radius 3 is 2.95 bits per heavy atom. The molecule has 2 heterocycles. The van der Waals surface area contributed by atoms with E-state index in [1.807, 2.05) is 11.9 Å². The standard InChI is InChI=1S/C16H24N2OS/c1-18(13-7-5-9-17-11-13)16(19)15-10-12-6-3-2-4-8-14(12)20-15/h10,13,17H,2-9,11H2,1H3. The minimum Gasteiger partial charge on any atom is -0.337 e. The van der Waals surface area contributed by atoms with Crippen LogP contribution in [0.15, 0.2) is 6.07 Å². The van der Waals surface area contributed by atoms with Gasteiger partial charge in [-0.25, -0.2) is 0 Å². The summed E-state index contributed by atoms with van der Waals surface area (Å²) in [7, 11) is 1.96. The van der Waals surface area contributed by atoms with Gasteiger partial charge in [0.2, 0.25) is 0 Å². The number of thiophene rings is 1. The van der Waals surface area contributed by atoms with Gasteiger partial charge in [-0.05, 0) is 56.7 Å². The van der Waals surface area contributed by atoms with E-state index in [1.54, 1.807) is 11.3 Å². The second kappa shape index (κ2) is 6.27. The molecule has 0 saturated carbocycles. The third-order valence-electron chi connectivity index (χ3n) is 4.60. The second-order valence-electron chi connectivity index (χ2n) is 6.04. The van der Waals surface area contributed by atoms with Crippen LogP contribution >= 0.6 is 11.3 Å². The summed E-state index contributed by atoms with van der Waals surface area (Å²) < 4.78 is 0. The Bertz CT molecular complexity index is 453. The monoisotopic (exact) mass is 292 g/mol. The lowest BCUT2D eigenvalue weighted by atomic mass is 10.1. The topological polar surface area (TPSA) is 32.3 Å². The molecule has 1 aliphatic carbocycles. The number of rotatable bonds is 2. The van der Waals surface area contributed by atoms with E-state index in [1.165, 1.54) is 42.5 Å². The van der Waals surface area contributed by atoms with Crippen LogP contribution in [0.25, 0.3) is 0 Å². The van der Waals surface area contributed by atoms with Crippen molar-refractivity contribution in [1.82, 2.24) is 10.2 Å². The van der Waals surface area contributed by atoms with Gasteiger partial charge in [0, 0.05) is 24.5 Å². The Hall–Kier alpha value is -0.870. The van der Waals surface area contributed by atoms with E-state index < -0.39 is 0 Å². The summed E-state index contributed by atoms with van der Waals surface area (Å²) in [6.07, 6.45) is 8.51. The summed E-state index contributed by atoms with van der Waals surface area (Å²) in [5.74, 6) is 0.219. The first kappa shape index (κ1) is 14.1. The van der Waals surface area contributed by atoms with Crippen molar-refractivity contribution < 1.29 is 4.79 Å². The Morgan fingerprint density at radius 2 is 2.15 bits per heavy atom. The van der Waals surface area contributed by atoms with Crippen molar-refractivity contribution in [3.8, 4) is 0 Å². The van der Waals surface area contributed by atoms with Crippen LogP contribution in [0.1, 0.15) is 52.2 Å². The van der Waals surface area contributed by atoms with Crippen molar-refractivity contribution in [3.63, 3.8) is 0 Å². The number of nitrogens with one attached hydrogen (secondary N) is 1. The fourth-order valence-electron chi connectivity index (χ4n) is 3.28. The molecule has 0 aromatic carbocycles. The zero-order chi connectivity index (χ0) is 13.9. The molecule has 1 unspecified atom stereocenters. The largest absolute Gasteiger partial charge is 0.337 e. The lowest BCUT2D eigenvalue weighted by Gasteiger charge is -2.31. The molecule has 3 rings (SSSR count). The van der Waals surface area contributed by atoms with Gasteiger partial charge in [0.15, 0.2) is 0 Å². The van der Waals surface area contributed by atoms with Gasteiger partial charge in [-0.15, -0.1) is 11.3 Å². The lowest BCUT2D eigenvalue weighted by molar-refractivity contribution is 0.0713. The molecule has 0 radical (unpaired) electrons. The highest BCUT2D eigenvalue weighted by atomic mass is 32.1. The molecule has 1 fully saturated rings. The van der Waals surface area contributed by atoms with Gasteiger partial charge in [-0.1, -0.05) is 6.42 Å². The molecule has 20 heavy (non-hydrogen) atoms. The zero-order valence-electron chi connectivity index (χ0n) is 12.3. The summed E-state index contributed by atoms with van der Waals surface area (Å²) in [5, 5.41) is 3.39. The third kappa shape index (κ3) is 2.91. The maximum absolute atomic E-state index is 12.7. The summed E-state index contributed by atoms with van der Waals surface area (Å²) in [6.45, 7) is 2.03. The number of fused-ring (bicyclic) bond motifs is 1. The van der Waals surface area contributed by atoms with E-state index >= 15 is 0 Å². The highest BCUT2D eigenvalue weighted by Crippen LogP contribution is 2.30. The quantitative estimate of drug-likeness (QED) is 0.850. The first-order chi connectivity index (χ1) is 9.75. The smallest absolute Gasteiger partial charge is 0.263 e. The number of nitrogens with zero attached hydrogens (tertiary/aromatic N) is 1. The van der Waals surface area contributed by atoms with Crippen molar-refractivity contribution in [3.05, 3.63) is 21.4 Å². The second-order valence-corrected chi connectivity index (χ2v) is 7.17. The number of piperidine rings is 1. The summed E-state index contributed by atoms with van der Waals surface area (Å²) >= 11 is 1.74. The molecule has 1 aromatic heterocycles. The number of aryl methyl sites for hydroxylation is 2. The van der Waals surface area contributed by atoms with E-state index in [0.717, 1.165) is 30.8 Å². The number of amides is 1. The van der Waals surface area contributed by atoms with Crippen LogP contribution in [0.4, 0.5) is 0 Å². The molecule has 1 amide bonds. The average Bonchev–Trinajstić information content (AvgIpc) is 2.77. The van der Waals surface area contributed by atoms with Crippen molar-refractivity contribution >= 4 is 17.2 Å². The number of hydrogen-bond donors (Lipinski definition) is 1. The first-order valence-corrected chi connectivity index (χ1v) is 8.67. The zero-order valence-corrected chi connectivity index (χ0v) is 13.1. The number of carbonyl (C=O) groups excluding carboxylic acids is 1. The third-order valence-corrected chi connectivity index (χ3v) is 5.82. The molecule has 1 atom stereocenters. The molecule has 0 bridgehead atoms. The number of hydrogen-bond acceptors (Lipinski definition) is 3. The van der Waals surface area contributed by atoms with E-state index in [2.05, 4.69) is 11.4 Å². The average molecular weight is 292 g/mol. The van der Waals surface area contributed by atoms with E-state index in [4.69, 9.17) is 0 Å². The van der Waals surface area contributed by atoms with Crippen LogP contribution in [0.5, 0.6) is 0 Å². The van der Waals surface area contributed by atoms with Gasteiger partial charge in [0.25, 0.3) is 5.91 Å². The molecular weight excluding hydrogens is 268 g/mol. The molecular formula is C16H24N2OS. The van der Waals surface area contributed by atoms with Crippen molar-refractivity contribution in [2.24, 2.45) is 0 Å². The molecule has 4 heteroatoms. The maximum atomic E-state index is 12.7. The van der Waals surface area contributed by atoms with Crippen LogP contribution in [0.2, 0.25) is 0 Å². The van der Waals surface area contributed by atoms with E-state index in [9.17, 15) is 4.79 Å². The summed E-state index contributed by atoms with van der Waals surface area (Å²) in [4.78, 5) is 17.0. The van der Waals surface area contributed by atoms with Crippen molar-refractivity contribution in [1.29, 1.82) is 0 Å². The van der Waals surface area contributed by atoms with Crippen LogP contribution in [-0.2, 0) is 12.8 Å². The van der Waals surface area contributed by atoms with Gasteiger partial charge < -0.3 is 10.2 Å². The highest BCUT2D eigenvalue weighted by molar-refractivity contribution is 7.14. The number of carbonyl (C=O) groups is 1. The van der Waals surface area contributed by atoms with Crippen LogP contribution in [-0.4, -0.2) is 37.0 Å². The Morgan fingerprint density at radius 1 is 1.30 bits per heavy atom. The van der Waals surface area contributed by atoms with E-state index in [0.29, 0.717) is 6.04 Å².